The van der Waals surface area contributed by atoms with Gasteiger partial charge >= 0.3 is 0 Å². The van der Waals surface area contributed by atoms with Crippen molar-refractivity contribution < 1.29 is 14.3 Å². The number of amides is 1. The molecule has 0 unspecified atom stereocenters. The van der Waals surface area contributed by atoms with E-state index in [1.54, 1.807) is 23.8 Å². The first kappa shape index (κ1) is 23.5. The zero-order valence-corrected chi connectivity index (χ0v) is 21.1. The quantitative estimate of drug-likeness (QED) is 0.396. The molecule has 0 spiro atoms. The minimum atomic E-state index is -0.260. The van der Waals surface area contributed by atoms with Gasteiger partial charge in [-0.2, -0.15) is 9.78 Å². The molecule has 3 heterocycles. The molecule has 2 aromatic carbocycles. The third-order valence-corrected chi connectivity index (χ3v) is 6.52. The van der Waals surface area contributed by atoms with E-state index in [1.165, 1.54) is 0 Å². The SMILES string of the molecule is COc1ccc(OC)c([C@H]2CC(=O)N(Cc3ccccc3)c3c2c(C)nn3-c2nc(C)cc(C)n2)c1. The lowest BCUT2D eigenvalue weighted by Gasteiger charge is -2.33. The van der Waals surface area contributed by atoms with Gasteiger partial charge in [-0.15, -0.1) is 0 Å². The van der Waals surface area contributed by atoms with Crippen LogP contribution in [0.25, 0.3) is 5.95 Å². The zero-order valence-electron chi connectivity index (χ0n) is 21.1. The minimum absolute atomic E-state index is 0.00764. The predicted octanol–water partition coefficient (Wildman–Crippen LogP) is 4.67. The van der Waals surface area contributed by atoms with Crippen LogP contribution in [-0.4, -0.2) is 39.9 Å². The van der Waals surface area contributed by atoms with Crippen molar-refractivity contribution in [2.75, 3.05) is 19.1 Å². The number of fused-ring (bicyclic) bond motifs is 1. The van der Waals surface area contributed by atoms with Gasteiger partial charge in [0.25, 0.3) is 5.95 Å². The molecular weight excluding hydrogens is 454 g/mol. The number of hydrogen-bond acceptors (Lipinski definition) is 6. The van der Waals surface area contributed by atoms with Gasteiger partial charge in [-0.3, -0.25) is 9.69 Å². The summed E-state index contributed by atoms with van der Waals surface area (Å²) in [6.45, 7) is 6.24. The van der Waals surface area contributed by atoms with Crippen LogP contribution >= 0.6 is 0 Å². The molecule has 8 nitrogen and oxygen atoms in total. The highest BCUT2D eigenvalue weighted by Gasteiger charge is 2.39. The number of nitrogens with zero attached hydrogens (tertiary/aromatic N) is 5. The molecular formula is C28H29N5O3. The molecule has 184 valence electrons. The Morgan fingerprint density at radius 3 is 2.33 bits per heavy atom. The average molecular weight is 484 g/mol. The van der Waals surface area contributed by atoms with Crippen molar-refractivity contribution in [1.29, 1.82) is 0 Å². The number of carbonyl (C=O) groups excluding carboxylic acids is 1. The van der Waals surface area contributed by atoms with Gasteiger partial charge in [0.2, 0.25) is 5.91 Å². The van der Waals surface area contributed by atoms with E-state index in [2.05, 4.69) is 9.97 Å². The van der Waals surface area contributed by atoms with Crippen LogP contribution in [0, 0.1) is 20.8 Å². The van der Waals surface area contributed by atoms with Gasteiger partial charge in [0.1, 0.15) is 17.3 Å². The molecule has 0 saturated heterocycles. The van der Waals surface area contributed by atoms with Crippen molar-refractivity contribution in [1.82, 2.24) is 19.7 Å². The third kappa shape index (κ3) is 4.19. The number of hydrogen-bond donors (Lipinski definition) is 0. The van der Waals surface area contributed by atoms with Crippen LogP contribution in [0.2, 0.25) is 0 Å². The van der Waals surface area contributed by atoms with E-state index in [0.717, 1.165) is 33.8 Å². The molecule has 2 aromatic heterocycles. The van der Waals surface area contributed by atoms with E-state index in [4.69, 9.17) is 14.6 Å². The smallest absolute Gasteiger partial charge is 0.252 e. The van der Waals surface area contributed by atoms with Crippen molar-refractivity contribution in [3.63, 3.8) is 0 Å². The topological polar surface area (TPSA) is 82.4 Å². The van der Waals surface area contributed by atoms with Gasteiger partial charge in [-0.25, -0.2) is 9.97 Å². The minimum Gasteiger partial charge on any atom is -0.497 e. The number of rotatable bonds is 6. The summed E-state index contributed by atoms with van der Waals surface area (Å²) in [5, 5.41) is 4.87. The number of benzene rings is 2. The number of methoxy groups -OCH3 is 2. The summed E-state index contributed by atoms with van der Waals surface area (Å²) in [5.41, 5.74) is 5.35. The molecule has 0 radical (unpaired) electrons. The molecule has 1 aliphatic heterocycles. The van der Waals surface area contributed by atoms with E-state index < -0.39 is 0 Å². The summed E-state index contributed by atoms with van der Waals surface area (Å²) in [4.78, 5) is 24.9. The fourth-order valence-electron chi connectivity index (χ4n) is 4.95. The molecule has 4 aromatic rings. The fourth-order valence-corrected chi connectivity index (χ4v) is 4.95. The van der Waals surface area contributed by atoms with Crippen LogP contribution in [0.5, 0.6) is 11.5 Å². The van der Waals surface area contributed by atoms with Crippen molar-refractivity contribution in [2.45, 2.75) is 39.7 Å². The van der Waals surface area contributed by atoms with Crippen molar-refractivity contribution >= 4 is 11.7 Å². The zero-order chi connectivity index (χ0) is 25.4. The second-order valence-electron chi connectivity index (χ2n) is 9.02. The Morgan fingerprint density at radius 2 is 1.67 bits per heavy atom. The lowest BCUT2D eigenvalue weighted by molar-refractivity contribution is -0.119. The van der Waals surface area contributed by atoms with Gasteiger partial charge in [-0.05, 0) is 50.6 Å². The Bertz CT molecular complexity index is 1410. The molecule has 8 heteroatoms. The van der Waals surface area contributed by atoms with Gasteiger partial charge in [0.05, 0.1) is 26.5 Å². The van der Waals surface area contributed by atoms with Crippen LogP contribution in [0.3, 0.4) is 0 Å². The first-order valence-electron chi connectivity index (χ1n) is 11.9. The lowest BCUT2D eigenvalue weighted by Crippen LogP contribution is -2.38. The molecule has 0 saturated carbocycles. The summed E-state index contributed by atoms with van der Waals surface area (Å²) in [6.07, 6.45) is 0.281. The second-order valence-corrected chi connectivity index (χ2v) is 9.02. The van der Waals surface area contributed by atoms with Crippen LogP contribution in [0.15, 0.2) is 54.6 Å². The maximum Gasteiger partial charge on any atom is 0.252 e. The normalized spacial score (nSPS) is 15.1. The highest BCUT2D eigenvalue weighted by molar-refractivity contribution is 5.97. The summed E-state index contributed by atoms with van der Waals surface area (Å²) in [5.74, 6) is 2.27. The van der Waals surface area contributed by atoms with Gasteiger partial charge < -0.3 is 9.47 Å². The van der Waals surface area contributed by atoms with Crippen molar-refractivity contribution in [3.05, 3.63) is 88.4 Å². The summed E-state index contributed by atoms with van der Waals surface area (Å²) >= 11 is 0. The average Bonchev–Trinajstić information content (AvgIpc) is 3.22. The van der Waals surface area contributed by atoms with Gasteiger partial charge in [0.15, 0.2) is 0 Å². The van der Waals surface area contributed by atoms with E-state index in [9.17, 15) is 4.79 Å². The highest BCUT2D eigenvalue weighted by Crippen LogP contribution is 2.46. The van der Waals surface area contributed by atoms with Gasteiger partial charge in [0, 0.05) is 34.9 Å². The summed E-state index contributed by atoms with van der Waals surface area (Å²) in [7, 11) is 3.27. The van der Waals surface area contributed by atoms with Crippen LogP contribution in [0.4, 0.5) is 5.82 Å². The molecule has 1 atom stereocenters. The third-order valence-electron chi connectivity index (χ3n) is 6.52. The first-order valence-corrected chi connectivity index (χ1v) is 11.9. The van der Waals surface area contributed by atoms with Crippen molar-refractivity contribution in [2.24, 2.45) is 0 Å². The molecule has 0 N–H and O–H groups in total. The van der Waals surface area contributed by atoms with E-state index in [-0.39, 0.29) is 18.2 Å². The monoisotopic (exact) mass is 483 g/mol. The van der Waals surface area contributed by atoms with E-state index in [0.29, 0.717) is 29.8 Å². The largest absolute Gasteiger partial charge is 0.497 e. The molecule has 36 heavy (non-hydrogen) atoms. The number of anilines is 1. The molecule has 0 aliphatic carbocycles. The Labute approximate surface area is 210 Å². The predicted molar refractivity (Wildman–Crippen MR) is 137 cm³/mol. The van der Waals surface area contributed by atoms with Crippen LogP contribution < -0.4 is 14.4 Å². The highest BCUT2D eigenvalue weighted by atomic mass is 16.5. The fraction of sp³-hybridized carbons (Fsp3) is 0.286. The maximum atomic E-state index is 13.8. The van der Waals surface area contributed by atoms with Crippen molar-refractivity contribution in [3.8, 4) is 17.4 Å². The summed E-state index contributed by atoms with van der Waals surface area (Å²) in [6, 6.07) is 17.6. The Kier molecular flexibility index (Phi) is 6.18. The molecule has 1 amide bonds. The standard InChI is InChI=1S/C28H29N5O3/c1-17-13-18(2)30-28(29-17)33-27-26(19(3)31-33)23(22-14-21(35-4)11-12-24(22)36-5)15-25(34)32(27)16-20-9-7-6-8-10-20/h6-14,23H,15-16H2,1-5H3/t23-/m1/s1. The van der Waals surface area contributed by atoms with Gasteiger partial charge in [-0.1, -0.05) is 30.3 Å². The number of carbonyl (C=O) groups is 1. The lowest BCUT2D eigenvalue weighted by atomic mass is 9.84. The Balaban J connectivity index is 1.74. The summed E-state index contributed by atoms with van der Waals surface area (Å²) < 4.78 is 12.9. The molecule has 1 aliphatic rings. The Hall–Kier alpha value is -4.20. The van der Waals surface area contributed by atoms with E-state index >= 15 is 0 Å². The molecule has 0 bridgehead atoms. The van der Waals surface area contributed by atoms with E-state index in [1.807, 2.05) is 75.4 Å². The second kappa shape index (κ2) is 9.45. The first-order chi connectivity index (χ1) is 17.4. The maximum absolute atomic E-state index is 13.8. The number of aryl methyl sites for hydroxylation is 3. The van der Waals surface area contributed by atoms with Crippen LogP contribution in [0.1, 0.15) is 46.1 Å². The Morgan fingerprint density at radius 1 is 0.944 bits per heavy atom. The number of aromatic nitrogens is 4. The number of ether oxygens (including phenoxy) is 2. The molecule has 5 rings (SSSR count). The van der Waals surface area contributed by atoms with Crippen LogP contribution in [-0.2, 0) is 11.3 Å². The molecule has 0 fully saturated rings.